The van der Waals surface area contributed by atoms with Crippen LogP contribution in [0.15, 0.2) is 60.0 Å². The monoisotopic (exact) mass is 633 g/mol. The minimum absolute atomic E-state index is 0.106. The van der Waals surface area contributed by atoms with Crippen molar-refractivity contribution in [1.82, 2.24) is 30.3 Å². The van der Waals surface area contributed by atoms with Gasteiger partial charge < -0.3 is 30.7 Å². The van der Waals surface area contributed by atoms with Gasteiger partial charge in [-0.1, -0.05) is 42.5 Å². The smallest absolute Gasteiger partial charge is 0.318 e. The number of nitrogens with zero attached hydrogens (tertiary/aromatic N) is 4. The molecule has 0 radical (unpaired) electrons. The Morgan fingerprint density at radius 1 is 0.978 bits per heavy atom. The van der Waals surface area contributed by atoms with Gasteiger partial charge in [0.1, 0.15) is 18.3 Å². The van der Waals surface area contributed by atoms with Gasteiger partial charge >= 0.3 is 6.03 Å². The summed E-state index contributed by atoms with van der Waals surface area (Å²) in [5, 5.41) is 10.7. The van der Waals surface area contributed by atoms with Gasteiger partial charge in [-0.2, -0.15) is 0 Å². The maximum Gasteiger partial charge on any atom is 0.318 e. The summed E-state index contributed by atoms with van der Waals surface area (Å²) in [5.74, 6) is -1.20. The molecule has 2 saturated heterocycles. The highest BCUT2D eigenvalue weighted by Gasteiger charge is 2.43. The van der Waals surface area contributed by atoms with Gasteiger partial charge in [0.05, 0.1) is 12.2 Å². The van der Waals surface area contributed by atoms with Gasteiger partial charge in [0.25, 0.3) is 11.8 Å². The van der Waals surface area contributed by atoms with E-state index in [1.165, 1.54) is 16.2 Å². The molecule has 1 aromatic heterocycles. The van der Waals surface area contributed by atoms with E-state index in [-0.39, 0.29) is 30.9 Å². The predicted molar refractivity (Wildman–Crippen MR) is 168 cm³/mol. The first-order chi connectivity index (χ1) is 21.7. The number of thiazole rings is 1. The average Bonchev–Trinajstić information content (AvgIpc) is 3.59. The number of aromatic nitrogens is 1. The van der Waals surface area contributed by atoms with E-state index in [0.29, 0.717) is 35.0 Å². The van der Waals surface area contributed by atoms with Crippen LogP contribution in [-0.2, 0) is 9.59 Å². The van der Waals surface area contributed by atoms with Crippen LogP contribution in [0.3, 0.4) is 0 Å². The van der Waals surface area contributed by atoms with Crippen molar-refractivity contribution in [2.75, 3.05) is 45.1 Å². The molecular formula is C32H36FN7O4S. The standard InChI is InChI=1S/C32H36FN7O4S/c1-38-13-15-39(16-14-38)32(44)36-27(21-5-3-2-4-6-21)30(43)40-18-23(33)17-26(40)29(42)37-31-35-25(19-45-31)20-7-9-22(10-8-20)28(41)34-24-11-12-24/h2-10,19,23-24,26-27H,11-18H2,1H3,(H,34,41)(H,36,44)(H,35,37,42). The maximum absolute atomic E-state index is 14.8. The quantitative estimate of drug-likeness (QED) is 0.350. The molecule has 1 aliphatic carbocycles. The van der Waals surface area contributed by atoms with Crippen molar-refractivity contribution in [3.05, 3.63) is 71.1 Å². The average molecular weight is 634 g/mol. The van der Waals surface area contributed by atoms with Gasteiger partial charge in [-0.25, -0.2) is 14.2 Å². The fourth-order valence-corrected chi connectivity index (χ4v) is 6.26. The van der Waals surface area contributed by atoms with Crippen molar-refractivity contribution in [3.8, 4) is 11.3 Å². The molecule has 3 aliphatic rings. The van der Waals surface area contributed by atoms with E-state index in [4.69, 9.17) is 0 Å². The Labute approximate surface area is 264 Å². The third-order valence-corrected chi connectivity index (χ3v) is 9.12. The zero-order valence-electron chi connectivity index (χ0n) is 24.9. The third kappa shape index (κ3) is 7.31. The molecule has 5 amide bonds. The second-order valence-electron chi connectivity index (χ2n) is 11.8. The summed E-state index contributed by atoms with van der Waals surface area (Å²) in [7, 11) is 1.98. The predicted octanol–water partition coefficient (Wildman–Crippen LogP) is 3.28. The number of nitrogens with one attached hydrogen (secondary N) is 3. The molecule has 11 nitrogen and oxygen atoms in total. The van der Waals surface area contributed by atoms with Crippen LogP contribution in [0, 0.1) is 0 Å². The normalized spacial score (nSPS) is 20.8. The van der Waals surface area contributed by atoms with Crippen molar-refractivity contribution in [3.63, 3.8) is 0 Å². The molecule has 3 N–H and O–H groups in total. The molecule has 6 rings (SSSR count). The van der Waals surface area contributed by atoms with E-state index >= 15 is 0 Å². The first-order valence-electron chi connectivity index (χ1n) is 15.2. The van der Waals surface area contributed by atoms with Crippen LogP contribution in [0.5, 0.6) is 0 Å². The van der Waals surface area contributed by atoms with E-state index in [9.17, 15) is 23.6 Å². The summed E-state index contributed by atoms with van der Waals surface area (Å²) < 4.78 is 14.8. The number of carbonyl (C=O) groups excluding carboxylic acids is 4. The number of carbonyl (C=O) groups is 4. The van der Waals surface area contributed by atoms with Crippen molar-refractivity contribution >= 4 is 40.2 Å². The summed E-state index contributed by atoms with van der Waals surface area (Å²) in [6.07, 6.45) is 0.471. The summed E-state index contributed by atoms with van der Waals surface area (Å²) in [6.45, 7) is 2.23. The highest BCUT2D eigenvalue weighted by Crippen LogP contribution is 2.29. The van der Waals surface area contributed by atoms with Crippen molar-refractivity contribution in [1.29, 1.82) is 0 Å². The number of urea groups is 1. The number of likely N-dealkylation sites (N-methyl/N-ethyl adjacent to an activating group) is 1. The Kier molecular flexibility index (Phi) is 9.08. The van der Waals surface area contributed by atoms with Gasteiger partial charge in [0.15, 0.2) is 5.13 Å². The van der Waals surface area contributed by atoms with Gasteiger partial charge in [0.2, 0.25) is 5.91 Å². The van der Waals surface area contributed by atoms with Crippen LogP contribution in [-0.4, -0.2) is 101 Å². The Balaban J connectivity index is 1.13. The molecule has 3 unspecified atom stereocenters. The van der Waals surface area contributed by atoms with Crippen molar-refractivity contribution < 1.29 is 23.6 Å². The van der Waals surface area contributed by atoms with Crippen LogP contribution in [0.4, 0.5) is 14.3 Å². The first kappa shape index (κ1) is 30.7. The molecule has 13 heteroatoms. The summed E-state index contributed by atoms with van der Waals surface area (Å²) in [6, 6.07) is 13.6. The van der Waals surface area contributed by atoms with Crippen LogP contribution in [0.1, 0.15) is 41.2 Å². The number of anilines is 1. The second-order valence-corrected chi connectivity index (χ2v) is 12.6. The molecule has 3 aromatic rings. The Bertz CT molecular complexity index is 1540. The molecule has 3 atom stereocenters. The zero-order valence-corrected chi connectivity index (χ0v) is 25.8. The lowest BCUT2D eigenvalue weighted by molar-refractivity contribution is -0.138. The molecule has 0 spiro atoms. The molecule has 236 valence electrons. The molecular weight excluding hydrogens is 597 g/mol. The van der Waals surface area contributed by atoms with E-state index in [0.717, 1.165) is 31.5 Å². The molecule has 1 saturated carbocycles. The van der Waals surface area contributed by atoms with E-state index in [1.54, 1.807) is 64.9 Å². The molecule has 3 heterocycles. The van der Waals surface area contributed by atoms with Gasteiger partial charge in [-0.3, -0.25) is 14.4 Å². The lowest BCUT2D eigenvalue weighted by Gasteiger charge is -2.34. The number of rotatable bonds is 8. The zero-order chi connectivity index (χ0) is 31.5. The van der Waals surface area contributed by atoms with Crippen LogP contribution in [0.25, 0.3) is 11.3 Å². The van der Waals surface area contributed by atoms with E-state index < -0.39 is 30.1 Å². The third-order valence-electron chi connectivity index (χ3n) is 8.36. The Hall–Kier alpha value is -4.36. The lowest BCUT2D eigenvalue weighted by Crippen LogP contribution is -2.54. The largest absolute Gasteiger partial charge is 0.349 e. The number of hydrogen-bond donors (Lipinski definition) is 3. The number of halogens is 1. The minimum atomic E-state index is -1.39. The Morgan fingerprint density at radius 3 is 2.38 bits per heavy atom. The summed E-state index contributed by atoms with van der Waals surface area (Å²) >= 11 is 1.21. The second kappa shape index (κ2) is 13.3. The first-order valence-corrected chi connectivity index (χ1v) is 16.0. The van der Waals surface area contributed by atoms with Crippen molar-refractivity contribution in [2.45, 2.75) is 43.6 Å². The van der Waals surface area contributed by atoms with Crippen molar-refractivity contribution in [2.24, 2.45) is 0 Å². The van der Waals surface area contributed by atoms with E-state index in [2.05, 4.69) is 25.8 Å². The number of piperazine rings is 1. The number of benzene rings is 2. The number of hydrogen-bond acceptors (Lipinski definition) is 7. The number of likely N-dealkylation sites (tertiary alicyclic amines) is 1. The fourth-order valence-electron chi connectivity index (χ4n) is 5.54. The number of amides is 5. The molecule has 0 bridgehead atoms. The Morgan fingerprint density at radius 2 is 1.69 bits per heavy atom. The SMILES string of the molecule is CN1CCN(C(=O)NC(C(=O)N2CC(F)CC2C(=O)Nc2nc(-c3ccc(C(=O)NC4CC4)cc3)cs2)c2ccccc2)CC1. The van der Waals surface area contributed by atoms with Crippen LogP contribution in [0.2, 0.25) is 0 Å². The number of alkyl halides is 1. The van der Waals surface area contributed by atoms with Crippen LogP contribution >= 0.6 is 11.3 Å². The lowest BCUT2D eigenvalue weighted by atomic mass is 10.0. The van der Waals surface area contributed by atoms with Gasteiger partial charge in [0, 0.05) is 55.1 Å². The maximum atomic E-state index is 14.8. The van der Waals surface area contributed by atoms with Crippen LogP contribution < -0.4 is 16.0 Å². The molecule has 2 aliphatic heterocycles. The van der Waals surface area contributed by atoms with Gasteiger partial charge in [-0.05, 0) is 37.6 Å². The minimum Gasteiger partial charge on any atom is -0.349 e. The summed E-state index contributed by atoms with van der Waals surface area (Å²) in [4.78, 5) is 62.4. The molecule has 2 aromatic carbocycles. The summed E-state index contributed by atoms with van der Waals surface area (Å²) in [5.41, 5.74) is 2.50. The van der Waals surface area contributed by atoms with E-state index in [1.807, 2.05) is 7.05 Å². The highest BCUT2D eigenvalue weighted by molar-refractivity contribution is 7.14. The topological polar surface area (TPSA) is 127 Å². The van der Waals surface area contributed by atoms with Gasteiger partial charge in [-0.15, -0.1) is 11.3 Å². The molecule has 3 fully saturated rings. The fraction of sp³-hybridized carbons (Fsp3) is 0.406. The highest BCUT2D eigenvalue weighted by atomic mass is 32.1. The molecule has 45 heavy (non-hydrogen) atoms.